The van der Waals surface area contributed by atoms with Gasteiger partial charge in [0.25, 0.3) is 0 Å². The molecule has 0 saturated heterocycles. The summed E-state index contributed by atoms with van der Waals surface area (Å²) < 4.78 is 56.1. The van der Waals surface area contributed by atoms with Crippen LogP contribution in [0.1, 0.15) is 27.9 Å². The van der Waals surface area contributed by atoms with E-state index in [1.54, 1.807) is 6.07 Å². The van der Waals surface area contributed by atoms with E-state index in [-0.39, 0.29) is 24.1 Å². The van der Waals surface area contributed by atoms with Gasteiger partial charge in [0, 0.05) is 23.4 Å². The fourth-order valence-electron chi connectivity index (χ4n) is 2.55. The summed E-state index contributed by atoms with van der Waals surface area (Å²) in [5.74, 6) is -3.04. The lowest BCUT2D eigenvalue weighted by Crippen LogP contribution is -2.18. The lowest BCUT2D eigenvalue weighted by molar-refractivity contribution is 0.103. The van der Waals surface area contributed by atoms with Crippen LogP contribution in [-0.2, 0) is 17.7 Å². The molecule has 0 radical (unpaired) electrons. The number of halogens is 2. The van der Waals surface area contributed by atoms with E-state index in [0.29, 0.717) is 23.1 Å². The number of nitrogens with one attached hydrogen (secondary N) is 1. The van der Waals surface area contributed by atoms with Crippen molar-refractivity contribution < 1.29 is 26.8 Å². The predicted molar refractivity (Wildman–Crippen MR) is 89.0 cm³/mol. The van der Waals surface area contributed by atoms with E-state index in [4.69, 9.17) is 4.42 Å². The van der Waals surface area contributed by atoms with Gasteiger partial charge in [0.05, 0.1) is 5.56 Å². The number of hydrogen-bond acceptors (Lipinski definition) is 5. The van der Waals surface area contributed by atoms with Crippen LogP contribution in [0.15, 0.2) is 41.1 Å². The second kappa shape index (κ2) is 7.81. The fraction of sp³-hybridized carbons (Fsp3) is 0.176. The summed E-state index contributed by atoms with van der Waals surface area (Å²) in [6, 6.07) is 6.71. The van der Waals surface area contributed by atoms with Crippen LogP contribution in [0.4, 0.5) is 8.78 Å². The number of aromatic nitrogens is 1. The number of oxazole rings is 1. The molecule has 0 fully saturated rings. The highest BCUT2D eigenvalue weighted by molar-refractivity contribution is 7.77. The van der Waals surface area contributed by atoms with Crippen molar-refractivity contribution >= 4 is 28.1 Å². The maximum atomic E-state index is 14.1. The van der Waals surface area contributed by atoms with Gasteiger partial charge in [-0.3, -0.25) is 9.00 Å². The minimum Gasteiger partial charge on any atom is -0.760 e. The number of carbonyl (C=O) groups excluding carboxylic acids is 1. The Bertz CT molecular complexity index is 990. The standard InChI is InChI=1S/C17H14F2N2O4S/c18-13-7-10(2-1-5-21-26(23)24)6-12(16(13)19)17(22)11-3-4-14-15(8-11)25-9-20-14/h3-4,6-9,21H,1-2,5H2,(H,23,24)/p-1. The Labute approximate surface area is 149 Å². The molecule has 0 aliphatic heterocycles. The van der Waals surface area contributed by atoms with Crippen molar-refractivity contribution in [2.24, 2.45) is 0 Å². The minimum atomic E-state index is -2.38. The third kappa shape index (κ3) is 4.01. The summed E-state index contributed by atoms with van der Waals surface area (Å²) in [5, 5.41) is 0. The zero-order chi connectivity index (χ0) is 18.7. The van der Waals surface area contributed by atoms with Gasteiger partial charge in [-0.2, -0.15) is 0 Å². The van der Waals surface area contributed by atoms with E-state index in [1.165, 1.54) is 24.6 Å². The maximum Gasteiger partial charge on any atom is 0.196 e. The summed E-state index contributed by atoms with van der Waals surface area (Å²) >= 11 is -2.38. The van der Waals surface area contributed by atoms with Crippen molar-refractivity contribution in [3.63, 3.8) is 0 Å². The Morgan fingerprint density at radius 1 is 1.27 bits per heavy atom. The molecular formula is C17H13F2N2O4S-. The Balaban J connectivity index is 1.85. The maximum absolute atomic E-state index is 14.1. The molecule has 2 aromatic carbocycles. The highest BCUT2D eigenvalue weighted by atomic mass is 32.2. The fourth-order valence-corrected chi connectivity index (χ4v) is 2.87. The van der Waals surface area contributed by atoms with Gasteiger partial charge in [-0.25, -0.2) is 18.5 Å². The van der Waals surface area contributed by atoms with Gasteiger partial charge < -0.3 is 8.97 Å². The highest BCUT2D eigenvalue weighted by Crippen LogP contribution is 2.22. The monoisotopic (exact) mass is 379 g/mol. The number of aryl methyl sites for hydroxylation is 1. The molecule has 3 rings (SSSR count). The number of benzene rings is 2. The molecule has 9 heteroatoms. The van der Waals surface area contributed by atoms with E-state index < -0.39 is 28.7 Å². The molecule has 26 heavy (non-hydrogen) atoms. The SMILES string of the molecule is O=C(c1ccc2ncoc2c1)c1cc(CCCNS(=O)[O-])cc(F)c1F. The molecule has 1 N–H and O–H groups in total. The number of ketones is 1. The molecule has 6 nitrogen and oxygen atoms in total. The number of carbonyl (C=O) groups is 1. The Kier molecular flexibility index (Phi) is 5.50. The molecule has 1 heterocycles. The van der Waals surface area contributed by atoms with Gasteiger partial charge >= 0.3 is 0 Å². The zero-order valence-electron chi connectivity index (χ0n) is 13.3. The van der Waals surface area contributed by atoms with E-state index in [1.807, 2.05) is 0 Å². The lowest BCUT2D eigenvalue weighted by Gasteiger charge is -2.09. The zero-order valence-corrected chi connectivity index (χ0v) is 14.1. The van der Waals surface area contributed by atoms with Crippen LogP contribution in [0.5, 0.6) is 0 Å². The van der Waals surface area contributed by atoms with Crippen molar-refractivity contribution in [2.75, 3.05) is 6.54 Å². The van der Waals surface area contributed by atoms with Crippen LogP contribution < -0.4 is 4.72 Å². The molecule has 0 aliphatic carbocycles. The number of hydrogen-bond donors (Lipinski definition) is 1. The molecule has 3 aromatic rings. The van der Waals surface area contributed by atoms with Crippen molar-refractivity contribution in [1.29, 1.82) is 0 Å². The van der Waals surface area contributed by atoms with E-state index in [2.05, 4.69) is 9.71 Å². The van der Waals surface area contributed by atoms with Crippen LogP contribution >= 0.6 is 0 Å². The van der Waals surface area contributed by atoms with Crippen LogP contribution in [0.3, 0.4) is 0 Å². The smallest absolute Gasteiger partial charge is 0.196 e. The third-order valence-corrected chi connectivity index (χ3v) is 4.23. The van der Waals surface area contributed by atoms with Crippen molar-refractivity contribution in [1.82, 2.24) is 9.71 Å². The summed E-state index contributed by atoms with van der Waals surface area (Å²) in [6.07, 6.45) is 1.88. The summed E-state index contributed by atoms with van der Waals surface area (Å²) in [5.41, 5.74) is 1.06. The van der Waals surface area contributed by atoms with Gasteiger partial charge in [0.1, 0.15) is 5.52 Å². The molecular weight excluding hydrogens is 366 g/mol. The number of fused-ring (bicyclic) bond motifs is 1. The summed E-state index contributed by atoms with van der Waals surface area (Å²) in [7, 11) is 0. The Hall–Kier alpha value is -2.49. The van der Waals surface area contributed by atoms with Crippen LogP contribution in [0.25, 0.3) is 11.1 Å². The first-order valence-corrected chi connectivity index (χ1v) is 8.72. The molecule has 1 aromatic heterocycles. The molecule has 0 amide bonds. The molecule has 1 atom stereocenters. The second-order valence-corrected chi connectivity index (χ2v) is 6.29. The molecule has 1 unspecified atom stereocenters. The number of nitrogens with zero attached hydrogens (tertiary/aromatic N) is 1. The van der Waals surface area contributed by atoms with Gasteiger partial charge in [-0.05, 0) is 48.7 Å². The van der Waals surface area contributed by atoms with E-state index in [9.17, 15) is 22.3 Å². The van der Waals surface area contributed by atoms with Crippen LogP contribution in [-0.4, -0.2) is 26.1 Å². The first kappa shape index (κ1) is 18.3. The molecule has 0 saturated carbocycles. The molecule has 0 aliphatic rings. The molecule has 0 bridgehead atoms. The van der Waals surface area contributed by atoms with Crippen molar-refractivity contribution in [3.05, 3.63) is 65.1 Å². The predicted octanol–water partition coefficient (Wildman–Crippen LogP) is 2.65. The van der Waals surface area contributed by atoms with Crippen molar-refractivity contribution in [3.8, 4) is 0 Å². The van der Waals surface area contributed by atoms with E-state index in [0.717, 1.165) is 6.07 Å². The average Bonchev–Trinajstić information content (AvgIpc) is 3.08. The Morgan fingerprint density at radius 2 is 2.08 bits per heavy atom. The minimum absolute atomic E-state index is 0.146. The normalized spacial score (nSPS) is 12.4. The number of rotatable bonds is 7. The largest absolute Gasteiger partial charge is 0.760 e. The van der Waals surface area contributed by atoms with Gasteiger partial charge in [0.15, 0.2) is 29.4 Å². The first-order chi connectivity index (χ1) is 12.5. The van der Waals surface area contributed by atoms with Gasteiger partial charge in [-0.15, -0.1) is 0 Å². The van der Waals surface area contributed by atoms with Gasteiger partial charge in [-0.1, -0.05) is 0 Å². The van der Waals surface area contributed by atoms with Crippen LogP contribution in [0, 0.1) is 11.6 Å². The topological polar surface area (TPSA) is 95.3 Å². The molecule has 136 valence electrons. The molecule has 0 spiro atoms. The quantitative estimate of drug-likeness (QED) is 0.387. The summed E-state index contributed by atoms with van der Waals surface area (Å²) in [4.78, 5) is 16.5. The van der Waals surface area contributed by atoms with E-state index >= 15 is 0 Å². The first-order valence-electron chi connectivity index (χ1n) is 7.64. The highest BCUT2D eigenvalue weighted by Gasteiger charge is 2.19. The lowest BCUT2D eigenvalue weighted by atomic mass is 9.98. The second-order valence-electron chi connectivity index (χ2n) is 5.54. The average molecular weight is 379 g/mol. The Morgan fingerprint density at radius 3 is 2.85 bits per heavy atom. The van der Waals surface area contributed by atoms with Gasteiger partial charge in [0.2, 0.25) is 0 Å². The third-order valence-electron chi connectivity index (χ3n) is 3.79. The van der Waals surface area contributed by atoms with Crippen LogP contribution in [0.2, 0.25) is 0 Å². The van der Waals surface area contributed by atoms with Crippen molar-refractivity contribution in [2.45, 2.75) is 12.8 Å². The summed E-state index contributed by atoms with van der Waals surface area (Å²) in [6.45, 7) is 0.153.